The molecule has 106 valence electrons. The topological polar surface area (TPSA) is 32.9 Å². The van der Waals surface area contributed by atoms with Crippen molar-refractivity contribution in [1.29, 1.82) is 0 Å². The van der Waals surface area contributed by atoms with Gasteiger partial charge in [0.1, 0.15) is 0 Å². The minimum absolute atomic E-state index is 0.238. The third-order valence-electron chi connectivity index (χ3n) is 3.31. The first-order valence-corrected chi connectivity index (χ1v) is 6.25. The van der Waals surface area contributed by atoms with E-state index in [1.54, 1.807) is 24.3 Å². The van der Waals surface area contributed by atoms with Crippen LogP contribution in [0.4, 0.5) is 13.2 Å². The molecule has 0 spiro atoms. The van der Waals surface area contributed by atoms with Gasteiger partial charge in [0.05, 0.1) is 5.56 Å². The number of hydrogen-bond donors (Lipinski definition) is 1. The molecule has 21 heavy (non-hydrogen) atoms. The Labute approximate surface area is 118 Å². The van der Waals surface area contributed by atoms with Crippen LogP contribution in [0.1, 0.15) is 21.5 Å². The van der Waals surface area contributed by atoms with Crippen LogP contribution in [-0.4, -0.2) is 10.8 Å². The molecule has 1 heterocycles. The number of aromatic amines is 1. The second-order valence-electron chi connectivity index (χ2n) is 4.62. The van der Waals surface area contributed by atoms with Crippen molar-refractivity contribution in [1.82, 2.24) is 4.98 Å². The number of carbonyl (C=O) groups is 1. The quantitative estimate of drug-likeness (QED) is 0.696. The molecule has 0 amide bonds. The Balaban J connectivity index is 2.16. The van der Waals surface area contributed by atoms with Gasteiger partial charge in [-0.2, -0.15) is 13.2 Å². The summed E-state index contributed by atoms with van der Waals surface area (Å²) in [5, 5.41) is 0.611. The number of aromatic nitrogens is 1. The van der Waals surface area contributed by atoms with Gasteiger partial charge in [-0.05, 0) is 12.1 Å². The molecule has 1 N–H and O–H groups in total. The number of ketones is 1. The Bertz CT molecular complexity index is 818. The van der Waals surface area contributed by atoms with E-state index >= 15 is 0 Å². The number of H-pyrrole nitrogens is 1. The van der Waals surface area contributed by atoms with Crippen molar-refractivity contribution in [3.8, 4) is 0 Å². The standard InChI is InChI=1S/C16H10F3NO/c17-16(18,19)13-7-3-1-6-11(13)15(21)12-9-20-14-8-4-2-5-10(12)14/h1-9,20H. The van der Waals surface area contributed by atoms with Crippen LogP contribution in [0.15, 0.2) is 54.7 Å². The number of alkyl halides is 3. The van der Waals surface area contributed by atoms with Crippen LogP contribution >= 0.6 is 0 Å². The number of benzene rings is 2. The highest BCUT2D eigenvalue weighted by molar-refractivity contribution is 6.17. The van der Waals surface area contributed by atoms with Crippen molar-refractivity contribution >= 4 is 16.7 Å². The van der Waals surface area contributed by atoms with Crippen LogP contribution in [-0.2, 0) is 6.18 Å². The summed E-state index contributed by atoms with van der Waals surface area (Å²) in [7, 11) is 0. The molecular formula is C16H10F3NO. The van der Waals surface area contributed by atoms with Crippen LogP contribution < -0.4 is 0 Å². The van der Waals surface area contributed by atoms with Gasteiger partial charge in [0.15, 0.2) is 5.78 Å². The van der Waals surface area contributed by atoms with E-state index in [1.807, 2.05) is 0 Å². The molecule has 0 atom stereocenters. The fourth-order valence-corrected chi connectivity index (χ4v) is 2.33. The highest BCUT2D eigenvalue weighted by Crippen LogP contribution is 2.33. The van der Waals surface area contributed by atoms with E-state index < -0.39 is 17.5 Å². The lowest BCUT2D eigenvalue weighted by molar-refractivity contribution is -0.137. The highest BCUT2D eigenvalue weighted by Gasteiger charge is 2.35. The minimum atomic E-state index is -4.56. The summed E-state index contributed by atoms with van der Waals surface area (Å²) in [6.07, 6.45) is -3.11. The Morgan fingerprint density at radius 2 is 1.57 bits per heavy atom. The van der Waals surface area contributed by atoms with Crippen molar-refractivity contribution in [2.45, 2.75) is 6.18 Å². The first-order chi connectivity index (χ1) is 9.98. The Kier molecular flexibility index (Phi) is 3.05. The van der Waals surface area contributed by atoms with Crippen molar-refractivity contribution in [3.05, 3.63) is 71.4 Å². The van der Waals surface area contributed by atoms with Gasteiger partial charge in [-0.25, -0.2) is 0 Å². The summed E-state index contributed by atoms with van der Waals surface area (Å²) in [6.45, 7) is 0. The molecule has 2 aromatic carbocycles. The summed E-state index contributed by atoms with van der Waals surface area (Å²) in [5.74, 6) is -0.639. The molecule has 0 saturated carbocycles. The predicted molar refractivity (Wildman–Crippen MR) is 73.2 cm³/mol. The first kappa shape index (κ1) is 13.4. The number of carbonyl (C=O) groups excluding carboxylic acids is 1. The zero-order valence-corrected chi connectivity index (χ0v) is 10.7. The van der Waals surface area contributed by atoms with Crippen LogP contribution in [0.3, 0.4) is 0 Å². The van der Waals surface area contributed by atoms with E-state index in [0.29, 0.717) is 10.9 Å². The van der Waals surface area contributed by atoms with Crippen molar-refractivity contribution in [2.24, 2.45) is 0 Å². The van der Waals surface area contributed by atoms with Gasteiger partial charge in [-0.15, -0.1) is 0 Å². The van der Waals surface area contributed by atoms with E-state index in [9.17, 15) is 18.0 Å². The monoisotopic (exact) mass is 289 g/mol. The molecule has 3 rings (SSSR count). The number of nitrogens with one attached hydrogen (secondary N) is 1. The zero-order chi connectivity index (χ0) is 15.0. The maximum Gasteiger partial charge on any atom is 0.417 e. The number of rotatable bonds is 2. The van der Waals surface area contributed by atoms with Crippen molar-refractivity contribution in [2.75, 3.05) is 0 Å². The third kappa shape index (κ3) is 2.31. The smallest absolute Gasteiger partial charge is 0.360 e. The molecule has 0 radical (unpaired) electrons. The normalized spacial score (nSPS) is 11.8. The van der Waals surface area contributed by atoms with Crippen LogP contribution in [0, 0.1) is 0 Å². The molecular weight excluding hydrogens is 279 g/mol. The average Bonchev–Trinajstić information content (AvgIpc) is 2.89. The van der Waals surface area contributed by atoms with Gasteiger partial charge in [0, 0.05) is 28.2 Å². The summed E-state index contributed by atoms with van der Waals surface area (Å²) in [5.41, 5.74) is -0.303. The second kappa shape index (κ2) is 4.77. The lowest BCUT2D eigenvalue weighted by Gasteiger charge is -2.11. The van der Waals surface area contributed by atoms with Crippen LogP contribution in [0.2, 0.25) is 0 Å². The fraction of sp³-hybridized carbons (Fsp3) is 0.0625. The molecule has 5 heteroatoms. The van der Waals surface area contributed by atoms with Crippen LogP contribution in [0.25, 0.3) is 10.9 Å². The van der Waals surface area contributed by atoms with E-state index in [-0.39, 0.29) is 11.1 Å². The molecule has 1 aromatic heterocycles. The first-order valence-electron chi connectivity index (χ1n) is 6.25. The SMILES string of the molecule is O=C(c1ccccc1C(F)(F)F)c1c[nH]c2ccccc12. The van der Waals surface area contributed by atoms with E-state index in [0.717, 1.165) is 6.07 Å². The van der Waals surface area contributed by atoms with E-state index in [2.05, 4.69) is 4.98 Å². The lowest BCUT2D eigenvalue weighted by atomic mass is 9.98. The summed E-state index contributed by atoms with van der Waals surface area (Å²) in [4.78, 5) is 15.4. The van der Waals surface area contributed by atoms with Crippen molar-refractivity contribution < 1.29 is 18.0 Å². The Morgan fingerprint density at radius 3 is 2.33 bits per heavy atom. The molecule has 0 aliphatic carbocycles. The number of para-hydroxylation sites is 1. The van der Waals surface area contributed by atoms with Gasteiger partial charge in [0.2, 0.25) is 0 Å². The lowest BCUT2D eigenvalue weighted by Crippen LogP contribution is -2.13. The van der Waals surface area contributed by atoms with Gasteiger partial charge in [0.25, 0.3) is 0 Å². The molecule has 0 aliphatic rings. The molecule has 2 nitrogen and oxygen atoms in total. The maximum atomic E-state index is 13.0. The van der Waals surface area contributed by atoms with Crippen molar-refractivity contribution in [3.63, 3.8) is 0 Å². The summed E-state index contributed by atoms with van der Waals surface area (Å²) >= 11 is 0. The van der Waals surface area contributed by atoms with E-state index in [1.165, 1.54) is 24.4 Å². The zero-order valence-electron chi connectivity index (χ0n) is 10.7. The highest BCUT2D eigenvalue weighted by atomic mass is 19.4. The Morgan fingerprint density at radius 1 is 0.905 bits per heavy atom. The predicted octanol–water partition coefficient (Wildman–Crippen LogP) is 4.42. The molecule has 0 fully saturated rings. The van der Waals surface area contributed by atoms with Gasteiger partial charge in [-0.3, -0.25) is 4.79 Å². The van der Waals surface area contributed by atoms with Crippen LogP contribution in [0.5, 0.6) is 0 Å². The molecule has 0 bridgehead atoms. The largest absolute Gasteiger partial charge is 0.417 e. The third-order valence-corrected chi connectivity index (χ3v) is 3.31. The maximum absolute atomic E-state index is 13.0. The molecule has 3 aromatic rings. The average molecular weight is 289 g/mol. The van der Waals surface area contributed by atoms with Gasteiger partial charge < -0.3 is 4.98 Å². The minimum Gasteiger partial charge on any atom is -0.360 e. The fourth-order valence-electron chi connectivity index (χ4n) is 2.33. The summed E-state index contributed by atoms with van der Waals surface area (Å²) < 4.78 is 39.0. The second-order valence-corrected chi connectivity index (χ2v) is 4.62. The summed E-state index contributed by atoms with van der Waals surface area (Å²) in [6, 6.07) is 11.8. The molecule has 0 aliphatic heterocycles. The van der Waals surface area contributed by atoms with Gasteiger partial charge >= 0.3 is 6.18 Å². The molecule has 0 unspecified atom stereocenters. The number of fused-ring (bicyclic) bond motifs is 1. The Hall–Kier alpha value is -2.56. The van der Waals surface area contributed by atoms with Gasteiger partial charge in [-0.1, -0.05) is 36.4 Å². The number of hydrogen-bond acceptors (Lipinski definition) is 1. The number of halogens is 3. The molecule has 0 saturated heterocycles. The van der Waals surface area contributed by atoms with E-state index in [4.69, 9.17) is 0 Å².